The molecule has 100 valence electrons. The zero-order chi connectivity index (χ0) is 13.9. The van der Waals surface area contributed by atoms with E-state index in [1.807, 2.05) is 0 Å². The van der Waals surface area contributed by atoms with Crippen LogP contribution in [0.3, 0.4) is 0 Å². The van der Waals surface area contributed by atoms with Crippen molar-refractivity contribution < 1.29 is 8.42 Å². The molecule has 0 aliphatic carbocycles. The Balaban J connectivity index is 2.30. The molecule has 0 bridgehead atoms. The lowest BCUT2D eigenvalue weighted by Gasteiger charge is -2.08. The van der Waals surface area contributed by atoms with Crippen LogP contribution in [0.1, 0.15) is 5.56 Å². The van der Waals surface area contributed by atoms with Crippen LogP contribution in [0.15, 0.2) is 35.6 Å². The van der Waals surface area contributed by atoms with Gasteiger partial charge in [0.15, 0.2) is 0 Å². The summed E-state index contributed by atoms with van der Waals surface area (Å²) in [5, 5.41) is 0. The molecule has 0 saturated carbocycles. The number of aromatic nitrogens is 3. The number of nitrogens with two attached hydrogens (primary N) is 1. The molecule has 2 aromatic rings. The molecule has 0 spiro atoms. The molecular formula is C10H12N6O2S. The van der Waals surface area contributed by atoms with Crippen molar-refractivity contribution in [3.63, 3.8) is 0 Å². The van der Waals surface area contributed by atoms with Gasteiger partial charge in [-0.2, -0.15) is 0 Å². The van der Waals surface area contributed by atoms with Crippen LogP contribution in [-0.4, -0.2) is 23.4 Å². The van der Waals surface area contributed by atoms with E-state index in [1.54, 1.807) is 19.1 Å². The second-order valence-electron chi connectivity index (χ2n) is 3.66. The minimum atomic E-state index is -3.77. The Morgan fingerprint density at radius 1 is 1.21 bits per heavy atom. The van der Waals surface area contributed by atoms with Crippen molar-refractivity contribution in [2.75, 3.05) is 10.1 Å². The smallest absolute Gasteiger partial charge is 0.266 e. The van der Waals surface area contributed by atoms with Crippen LogP contribution >= 0.6 is 0 Å². The minimum absolute atomic E-state index is 0.0726. The van der Waals surface area contributed by atoms with Crippen LogP contribution < -0.4 is 16.0 Å². The first-order valence-electron chi connectivity index (χ1n) is 5.26. The van der Waals surface area contributed by atoms with E-state index in [1.165, 1.54) is 6.20 Å². The molecule has 0 fully saturated rings. The first-order valence-corrected chi connectivity index (χ1v) is 6.74. The van der Waals surface area contributed by atoms with Crippen molar-refractivity contribution in [1.82, 2.24) is 15.0 Å². The number of sulfonamides is 1. The van der Waals surface area contributed by atoms with Crippen molar-refractivity contribution in [3.05, 3.63) is 36.3 Å². The molecule has 0 aliphatic heterocycles. The molecular weight excluding hydrogens is 268 g/mol. The summed E-state index contributed by atoms with van der Waals surface area (Å²) in [4.78, 5) is 11.4. The van der Waals surface area contributed by atoms with Gasteiger partial charge in [0.1, 0.15) is 10.7 Å². The highest BCUT2D eigenvalue weighted by Crippen LogP contribution is 2.16. The predicted octanol–water partition coefficient (Wildman–Crippen LogP) is 0.266. The highest BCUT2D eigenvalue weighted by Gasteiger charge is 2.16. The van der Waals surface area contributed by atoms with Gasteiger partial charge in [0.2, 0.25) is 5.95 Å². The fourth-order valence-corrected chi connectivity index (χ4v) is 2.28. The van der Waals surface area contributed by atoms with E-state index in [2.05, 4.69) is 25.1 Å². The van der Waals surface area contributed by atoms with Gasteiger partial charge in [-0.05, 0) is 18.6 Å². The number of hydrogen-bond donors (Lipinski definition) is 3. The second kappa shape index (κ2) is 5.16. The molecule has 0 aliphatic rings. The number of anilines is 2. The van der Waals surface area contributed by atoms with Crippen LogP contribution in [0.4, 0.5) is 11.8 Å². The molecule has 0 amide bonds. The zero-order valence-electron chi connectivity index (χ0n) is 10.0. The van der Waals surface area contributed by atoms with Crippen molar-refractivity contribution in [2.45, 2.75) is 11.8 Å². The van der Waals surface area contributed by atoms with Crippen LogP contribution in [0.25, 0.3) is 0 Å². The number of rotatable bonds is 4. The fraction of sp³-hybridized carbons (Fsp3) is 0.100. The summed E-state index contributed by atoms with van der Waals surface area (Å²) in [6.07, 6.45) is 3.81. The van der Waals surface area contributed by atoms with Gasteiger partial charge in [-0.1, -0.05) is 6.07 Å². The van der Waals surface area contributed by atoms with Gasteiger partial charge in [-0.3, -0.25) is 10.1 Å². The Kier molecular flexibility index (Phi) is 3.58. The maximum Gasteiger partial charge on any atom is 0.266 e. The van der Waals surface area contributed by atoms with E-state index < -0.39 is 10.0 Å². The number of nitrogens with one attached hydrogen (secondary N) is 2. The summed E-state index contributed by atoms with van der Waals surface area (Å²) in [6.45, 7) is 1.75. The molecule has 4 N–H and O–H groups in total. The molecule has 8 nitrogen and oxygen atoms in total. The highest BCUT2D eigenvalue weighted by molar-refractivity contribution is 7.92. The molecule has 0 unspecified atom stereocenters. The van der Waals surface area contributed by atoms with Crippen molar-refractivity contribution in [3.8, 4) is 0 Å². The van der Waals surface area contributed by atoms with E-state index in [0.717, 1.165) is 12.4 Å². The van der Waals surface area contributed by atoms with Gasteiger partial charge < -0.3 is 0 Å². The Bertz CT molecular complexity index is 671. The number of aryl methyl sites for hydroxylation is 1. The Hall–Kier alpha value is -2.26. The maximum absolute atomic E-state index is 12.1. The first kappa shape index (κ1) is 13.2. The number of nitrogen functional groups attached to an aromatic ring is 1. The topological polar surface area (TPSA) is 123 Å². The first-order chi connectivity index (χ1) is 9.03. The molecule has 9 heteroatoms. The largest absolute Gasteiger partial charge is 0.292 e. The average molecular weight is 280 g/mol. The van der Waals surface area contributed by atoms with Gasteiger partial charge in [-0.15, -0.1) is 0 Å². The van der Waals surface area contributed by atoms with E-state index >= 15 is 0 Å². The monoisotopic (exact) mass is 280 g/mol. The van der Waals surface area contributed by atoms with E-state index in [-0.39, 0.29) is 16.7 Å². The van der Waals surface area contributed by atoms with E-state index in [9.17, 15) is 8.42 Å². The molecule has 2 heterocycles. The van der Waals surface area contributed by atoms with Gasteiger partial charge in [-0.25, -0.2) is 29.2 Å². The second-order valence-corrected chi connectivity index (χ2v) is 5.34. The lowest BCUT2D eigenvalue weighted by molar-refractivity contribution is 0.600. The van der Waals surface area contributed by atoms with Gasteiger partial charge >= 0.3 is 0 Å². The third kappa shape index (κ3) is 2.95. The average Bonchev–Trinajstić information content (AvgIpc) is 2.41. The van der Waals surface area contributed by atoms with Gasteiger partial charge in [0.25, 0.3) is 10.0 Å². The lowest BCUT2D eigenvalue weighted by Crippen LogP contribution is -2.16. The lowest BCUT2D eigenvalue weighted by atomic mass is 10.3. The molecule has 2 aromatic heterocycles. The summed E-state index contributed by atoms with van der Waals surface area (Å²) >= 11 is 0. The summed E-state index contributed by atoms with van der Waals surface area (Å²) < 4.78 is 26.5. The number of hydrazine groups is 1. The zero-order valence-corrected chi connectivity index (χ0v) is 10.8. The van der Waals surface area contributed by atoms with Crippen LogP contribution in [0.2, 0.25) is 0 Å². The SMILES string of the molecule is Cc1cccnc1NS(=O)(=O)c1cnc(NN)nc1. The molecule has 2 rings (SSSR count). The van der Waals surface area contributed by atoms with Crippen LogP contribution in [0, 0.1) is 6.92 Å². The van der Waals surface area contributed by atoms with Crippen molar-refractivity contribution in [2.24, 2.45) is 5.84 Å². The van der Waals surface area contributed by atoms with Gasteiger partial charge in [0.05, 0.1) is 12.4 Å². The van der Waals surface area contributed by atoms with Gasteiger partial charge in [0, 0.05) is 6.20 Å². The van der Waals surface area contributed by atoms with Crippen LogP contribution in [-0.2, 0) is 10.0 Å². The molecule has 0 saturated heterocycles. The number of nitrogens with zero attached hydrogens (tertiary/aromatic N) is 3. The maximum atomic E-state index is 12.1. The van der Waals surface area contributed by atoms with Crippen molar-refractivity contribution >= 4 is 21.8 Å². The van der Waals surface area contributed by atoms with Crippen LogP contribution in [0.5, 0.6) is 0 Å². The Labute approximate surface area is 110 Å². The molecule has 0 radical (unpaired) electrons. The minimum Gasteiger partial charge on any atom is -0.292 e. The van der Waals surface area contributed by atoms with E-state index in [0.29, 0.717) is 5.56 Å². The predicted molar refractivity (Wildman–Crippen MR) is 69.6 cm³/mol. The third-order valence-corrected chi connectivity index (χ3v) is 3.60. The summed E-state index contributed by atoms with van der Waals surface area (Å²) in [5.41, 5.74) is 2.93. The van der Waals surface area contributed by atoms with Crippen molar-refractivity contribution in [1.29, 1.82) is 0 Å². The molecule has 0 aromatic carbocycles. The molecule has 0 atom stereocenters. The summed E-state index contributed by atoms with van der Waals surface area (Å²) in [5.74, 6) is 5.50. The fourth-order valence-electron chi connectivity index (χ4n) is 1.31. The summed E-state index contributed by atoms with van der Waals surface area (Å²) in [7, 11) is -3.77. The quantitative estimate of drug-likeness (QED) is 0.542. The Morgan fingerprint density at radius 2 is 1.89 bits per heavy atom. The Morgan fingerprint density at radius 3 is 2.47 bits per heavy atom. The summed E-state index contributed by atoms with van der Waals surface area (Å²) in [6, 6.07) is 3.47. The highest BCUT2D eigenvalue weighted by atomic mass is 32.2. The molecule has 19 heavy (non-hydrogen) atoms. The normalized spacial score (nSPS) is 11.1. The number of hydrogen-bond acceptors (Lipinski definition) is 7. The number of pyridine rings is 1. The third-order valence-electron chi connectivity index (χ3n) is 2.31. The standard InChI is InChI=1S/C10H12N6O2S/c1-7-3-2-4-12-9(7)16-19(17,18)8-5-13-10(15-11)14-6-8/h2-6H,11H2,1H3,(H,12,16)(H,13,14,15). The van der Waals surface area contributed by atoms with E-state index in [4.69, 9.17) is 5.84 Å².